The van der Waals surface area contributed by atoms with Crippen molar-refractivity contribution in [3.05, 3.63) is 47.5 Å². The van der Waals surface area contributed by atoms with E-state index in [0.717, 1.165) is 11.1 Å². The largest absolute Gasteiger partial charge is 0.478 e. The van der Waals surface area contributed by atoms with Crippen LogP contribution in [0.2, 0.25) is 0 Å². The minimum Gasteiger partial charge on any atom is -0.478 e. The maximum atomic E-state index is 11.0. The van der Waals surface area contributed by atoms with E-state index in [2.05, 4.69) is 10.3 Å². The van der Waals surface area contributed by atoms with Gasteiger partial charge in [-0.2, -0.15) is 0 Å². The molecule has 0 atom stereocenters. The molecule has 100 valence electrons. The van der Waals surface area contributed by atoms with Crippen LogP contribution in [-0.4, -0.2) is 16.1 Å². The molecule has 0 radical (unpaired) electrons. The Morgan fingerprint density at radius 3 is 2.95 bits per heavy atom. The molecule has 0 unspecified atom stereocenters. The maximum absolute atomic E-state index is 11.0. The molecular weight excluding hydrogens is 274 g/mol. The van der Waals surface area contributed by atoms with Crippen LogP contribution in [0.5, 0.6) is 0 Å². The molecule has 20 heavy (non-hydrogen) atoms. The molecule has 1 aromatic carbocycles. The van der Waals surface area contributed by atoms with Crippen molar-refractivity contribution in [3.8, 4) is 0 Å². The van der Waals surface area contributed by atoms with E-state index in [4.69, 9.17) is 10.8 Å². The van der Waals surface area contributed by atoms with E-state index in [9.17, 15) is 4.79 Å². The summed E-state index contributed by atoms with van der Waals surface area (Å²) in [5.41, 5.74) is 6.81. The number of carbonyl (C=O) groups is 1. The van der Waals surface area contributed by atoms with E-state index < -0.39 is 5.97 Å². The molecule has 4 N–H and O–H groups in total. The maximum Gasteiger partial charge on any atom is 0.337 e. The van der Waals surface area contributed by atoms with E-state index in [1.54, 1.807) is 11.3 Å². The first kappa shape index (κ1) is 12.4. The number of aromatic nitrogens is 1. The molecule has 0 amide bonds. The number of nitrogens with two attached hydrogens (primary N) is 1. The summed E-state index contributed by atoms with van der Waals surface area (Å²) in [6.45, 7) is 0. The number of pyridine rings is 1. The van der Waals surface area contributed by atoms with Crippen LogP contribution in [0.1, 0.15) is 10.4 Å². The van der Waals surface area contributed by atoms with Crippen molar-refractivity contribution in [2.45, 2.75) is 0 Å². The SMILES string of the molecule is Nc1c(C(=O)O)ccnc1Nc1ccc2sccc2c1. The number of nitrogens with one attached hydrogen (secondary N) is 1. The van der Waals surface area contributed by atoms with E-state index in [-0.39, 0.29) is 11.3 Å². The zero-order valence-corrected chi connectivity index (χ0v) is 11.1. The molecular formula is C14H11N3O2S. The average Bonchev–Trinajstić information content (AvgIpc) is 2.88. The van der Waals surface area contributed by atoms with Gasteiger partial charge in [-0.05, 0) is 41.1 Å². The highest BCUT2D eigenvalue weighted by Gasteiger charge is 2.12. The quantitative estimate of drug-likeness (QED) is 0.687. The van der Waals surface area contributed by atoms with Crippen LogP contribution in [0.15, 0.2) is 41.9 Å². The van der Waals surface area contributed by atoms with E-state index >= 15 is 0 Å². The lowest BCUT2D eigenvalue weighted by atomic mass is 10.2. The molecule has 0 aliphatic carbocycles. The monoisotopic (exact) mass is 285 g/mol. The standard InChI is InChI=1S/C14H11N3O2S/c15-12-10(14(18)19)3-5-16-13(12)17-9-1-2-11-8(7-9)4-6-20-11/h1-7H,15H2,(H,16,17)(H,18,19). The van der Waals surface area contributed by atoms with Crippen molar-refractivity contribution in [1.82, 2.24) is 4.98 Å². The fraction of sp³-hybridized carbons (Fsp3) is 0. The molecule has 0 saturated heterocycles. The summed E-state index contributed by atoms with van der Waals surface area (Å²) in [7, 11) is 0. The molecule has 0 aliphatic heterocycles. The Bertz CT molecular complexity index is 798. The molecule has 3 aromatic rings. The lowest BCUT2D eigenvalue weighted by molar-refractivity contribution is 0.0698. The minimum atomic E-state index is -1.07. The topological polar surface area (TPSA) is 88.2 Å². The Labute approximate surface area is 118 Å². The number of thiophene rings is 1. The number of nitrogens with zero attached hydrogens (tertiary/aromatic N) is 1. The van der Waals surface area contributed by atoms with Crippen LogP contribution < -0.4 is 11.1 Å². The molecule has 0 aliphatic rings. The third-order valence-electron chi connectivity index (χ3n) is 2.94. The molecule has 0 saturated carbocycles. The zero-order chi connectivity index (χ0) is 14.1. The van der Waals surface area contributed by atoms with E-state index in [1.807, 2.05) is 29.6 Å². The second-order valence-corrected chi connectivity index (χ2v) is 5.17. The fourth-order valence-electron chi connectivity index (χ4n) is 1.94. The molecule has 5 nitrogen and oxygen atoms in total. The third kappa shape index (κ3) is 2.17. The minimum absolute atomic E-state index is 0.0408. The number of hydrogen-bond donors (Lipinski definition) is 3. The molecule has 0 fully saturated rings. The number of anilines is 3. The van der Waals surface area contributed by atoms with Gasteiger partial charge in [-0.1, -0.05) is 0 Å². The summed E-state index contributed by atoms with van der Waals surface area (Å²) < 4.78 is 1.19. The third-order valence-corrected chi connectivity index (χ3v) is 3.83. The lowest BCUT2D eigenvalue weighted by Crippen LogP contribution is -2.06. The van der Waals surface area contributed by atoms with Crippen LogP contribution in [0.4, 0.5) is 17.2 Å². The van der Waals surface area contributed by atoms with Gasteiger partial charge in [-0.15, -0.1) is 11.3 Å². The van der Waals surface area contributed by atoms with Crippen LogP contribution in [-0.2, 0) is 0 Å². The first-order valence-electron chi connectivity index (χ1n) is 5.87. The van der Waals surface area contributed by atoms with Crippen molar-refractivity contribution in [1.29, 1.82) is 0 Å². The highest BCUT2D eigenvalue weighted by atomic mass is 32.1. The summed E-state index contributed by atoms with van der Waals surface area (Å²) in [5, 5.41) is 15.2. The van der Waals surface area contributed by atoms with Crippen molar-refractivity contribution >= 4 is 44.6 Å². The lowest BCUT2D eigenvalue weighted by Gasteiger charge is -2.10. The Morgan fingerprint density at radius 1 is 1.30 bits per heavy atom. The Kier molecular flexibility index (Phi) is 3.00. The summed E-state index contributed by atoms with van der Waals surface area (Å²) in [4.78, 5) is 15.1. The first-order chi connectivity index (χ1) is 9.65. The number of fused-ring (bicyclic) bond motifs is 1. The summed E-state index contributed by atoms with van der Waals surface area (Å²) in [5.74, 6) is -0.722. The molecule has 0 bridgehead atoms. The van der Waals surface area contributed by atoms with Gasteiger partial charge in [-0.3, -0.25) is 0 Å². The van der Waals surface area contributed by atoms with Gasteiger partial charge in [0.25, 0.3) is 0 Å². The Morgan fingerprint density at radius 2 is 2.15 bits per heavy atom. The Hall–Kier alpha value is -2.60. The molecule has 2 aromatic heterocycles. The average molecular weight is 285 g/mol. The summed E-state index contributed by atoms with van der Waals surface area (Å²) in [6, 6.07) is 9.29. The number of carboxylic acids is 1. The molecule has 2 heterocycles. The first-order valence-corrected chi connectivity index (χ1v) is 6.75. The number of benzene rings is 1. The smallest absolute Gasteiger partial charge is 0.337 e. The second kappa shape index (κ2) is 4.82. The predicted octanol–water partition coefficient (Wildman–Crippen LogP) is 3.32. The van der Waals surface area contributed by atoms with Gasteiger partial charge in [0, 0.05) is 16.6 Å². The van der Waals surface area contributed by atoms with Gasteiger partial charge < -0.3 is 16.2 Å². The number of carboxylic acid groups (broad SMARTS) is 1. The molecule has 6 heteroatoms. The van der Waals surface area contributed by atoms with Crippen molar-refractivity contribution in [2.75, 3.05) is 11.1 Å². The van der Waals surface area contributed by atoms with Crippen LogP contribution in [0, 0.1) is 0 Å². The van der Waals surface area contributed by atoms with E-state index in [1.165, 1.54) is 17.0 Å². The van der Waals surface area contributed by atoms with E-state index in [0.29, 0.717) is 5.82 Å². The number of hydrogen-bond acceptors (Lipinski definition) is 5. The van der Waals surface area contributed by atoms with Crippen LogP contribution in [0.25, 0.3) is 10.1 Å². The summed E-state index contributed by atoms with van der Waals surface area (Å²) in [6.07, 6.45) is 1.42. The zero-order valence-electron chi connectivity index (χ0n) is 10.3. The van der Waals surface area contributed by atoms with Gasteiger partial charge in [0.1, 0.15) is 0 Å². The molecule has 3 rings (SSSR count). The van der Waals surface area contributed by atoms with Gasteiger partial charge in [0.05, 0.1) is 11.3 Å². The van der Waals surface area contributed by atoms with Gasteiger partial charge in [0.15, 0.2) is 5.82 Å². The number of aromatic carboxylic acids is 1. The van der Waals surface area contributed by atoms with Crippen molar-refractivity contribution in [3.63, 3.8) is 0 Å². The fourth-order valence-corrected chi connectivity index (χ4v) is 2.71. The van der Waals surface area contributed by atoms with Crippen LogP contribution >= 0.6 is 11.3 Å². The van der Waals surface area contributed by atoms with Crippen molar-refractivity contribution in [2.24, 2.45) is 0 Å². The predicted molar refractivity (Wildman–Crippen MR) is 80.7 cm³/mol. The van der Waals surface area contributed by atoms with Gasteiger partial charge in [0.2, 0.25) is 0 Å². The van der Waals surface area contributed by atoms with Crippen LogP contribution in [0.3, 0.4) is 0 Å². The number of rotatable bonds is 3. The van der Waals surface area contributed by atoms with Gasteiger partial charge >= 0.3 is 5.97 Å². The highest BCUT2D eigenvalue weighted by molar-refractivity contribution is 7.17. The normalized spacial score (nSPS) is 10.6. The highest BCUT2D eigenvalue weighted by Crippen LogP contribution is 2.28. The Balaban J connectivity index is 1.98. The molecule has 0 spiro atoms. The number of nitrogen functional groups attached to an aromatic ring is 1. The van der Waals surface area contributed by atoms with Crippen molar-refractivity contribution < 1.29 is 9.90 Å². The second-order valence-electron chi connectivity index (χ2n) is 4.22. The van der Waals surface area contributed by atoms with Gasteiger partial charge in [-0.25, -0.2) is 9.78 Å². The summed E-state index contributed by atoms with van der Waals surface area (Å²) >= 11 is 1.67.